The maximum atomic E-state index is 13.2. The number of nitrogens with zero attached hydrogens (tertiary/aromatic N) is 3. The Morgan fingerprint density at radius 3 is 2.76 bits per heavy atom. The van der Waals surface area contributed by atoms with Gasteiger partial charge >= 0.3 is 0 Å². The van der Waals surface area contributed by atoms with E-state index in [1.54, 1.807) is 0 Å². The molecule has 0 spiro atoms. The molecular formula is C15H19FN4O. The second-order valence-corrected chi connectivity index (χ2v) is 5.25. The van der Waals surface area contributed by atoms with Gasteiger partial charge in [0.15, 0.2) is 0 Å². The summed E-state index contributed by atoms with van der Waals surface area (Å²) in [6.45, 7) is 4.78. The zero-order valence-corrected chi connectivity index (χ0v) is 11.8. The molecule has 0 amide bonds. The van der Waals surface area contributed by atoms with Gasteiger partial charge in [0, 0.05) is 44.5 Å². The molecule has 0 atom stereocenters. The molecule has 0 aliphatic carbocycles. The molecule has 0 aromatic heterocycles. The van der Waals surface area contributed by atoms with Crippen LogP contribution >= 0.6 is 0 Å². The van der Waals surface area contributed by atoms with Crippen LogP contribution in [0.2, 0.25) is 0 Å². The van der Waals surface area contributed by atoms with Crippen LogP contribution in [0.3, 0.4) is 0 Å². The summed E-state index contributed by atoms with van der Waals surface area (Å²) in [5, 5.41) is 13.0. The topological polar surface area (TPSA) is 51.1 Å². The number of rotatable bonds is 3. The largest absolute Gasteiger partial charge is 0.508 e. The highest BCUT2D eigenvalue weighted by Gasteiger charge is 2.20. The minimum atomic E-state index is -0.308. The number of aliphatic imine (C=N–C) groups is 1. The fourth-order valence-electron chi connectivity index (χ4n) is 2.65. The summed E-state index contributed by atoms with van der Waals surface area (Å²) in [5.41, 5.74) is 0.644. The van der Waals surface area contributed by atoms with Crippen LogP contribution in [0.5, 0.6) is 5.75 Å². The second kappa shape index (κ2) is 6.13. The minimum Gasteiger partial charge on any atom is -0.508 e. The van der Waals surface area contributed by atoms with Gasteiger partial charge in [-0.2, -0.15) is 0 Å². The monoisotopic (exact) mass is 290 g/mol. The lowest BCUT2D eigenvalue weighted by atomic mass is 10.1. The molecule has 112 valence electrons. The average Bonchev–Trinajstić information content (AvgIpc) is 2.53. The predicted molar refractivity (Wildman–Crippen MR) is 79.5 cm³/mol. The van der Waals surface area contributed by atoms with Crippen molar-refractivity contribution < 1.29 is 9.50 Å². The number of phenolic OH excluding ortho intramolecular Hbond substituents is 1. The second-order valence-electron chi connectivity index (χ2n) is 5.25. The fourth-order valence-corrected chi connectivity index (χ4v) is 2.65. The van der Waals surface area contributed by atoms with Crippen LogP contribution in [0.15, 0.2) is 35.1 Å². The van der Waals surface area contributed by atoms with E-state index in [-0.39, 0.29) is 11.6 Å². The van der Waals surface area contributed by atoms with Crippen molar-refractivity contribution >= 4 is 6.21 Å². The highest BCUT2D eigenvalue weighted by atomic mass is 19.1. The third-order valence-electron chi connectivity index (χ3n) is 3.84. The van der Waals surface area contributed by atoms with Gasteiger partial charge in [-0.3, -0.25) is 9.89 Å². The molecule has 2 N–H and O–H groups in total. The van der Waals surface area contributed by atoms with Crippen molar-refractivity contribution in [3.05, 3.63) is 41.5 Å². The van der Waals surface area contributed by atoms with Crippen LogP contribution in [0, 0.1) is 5.82 Å². The molecule has 0 saturated carbocycles. The van der Waals surface area contributed by atoms with Crippen LogP contribution in [-0.4, -0.2) is 54.0 Å². The third kappa shape index (κ3) is 3.33. The Bertz CT molecular complexity index is 565. The average molecular weight is 290 g/mol. The summed E-state index contributed by atoms with van der Waals surface area (Å²) in [6.07, 6.45) is 3.81. The summed E-state index contributed by atoms with van der Waals surface area (Å²) < 4.78 is 13.2. The lowest BCUT2D eigenvalue weighted by Gasteiger charge is -2.37. The van der Waals surface area contributed by atoms with Crippen molar-refractivity contribution in [2.75, 3.05) is 32.8 Å². The zero-order valence-electron chi connectivity index (χ0n) is 11.8. The van der Waals surface area contributed by atoms with E-state index in [9.17, 15) is 9.50 Å². The summed E-state index contributed by atoms with van der Waals surface area (Å²) in [4.78, 5) is 8.61. The Balaban J connectivity index is 1.57. The third-order valence-corrected chi connectivity index (χ3v) is 3.84. The normalized spacial score (nSPS) is 19.3. The van der Waals surface area contributed by atoms with Crippen molar-refractivity contribution in [1.29, 1.82) is 0 Å². The molecule has 1 fully saturated rings. The first-order chi connectivity index (χ1) is 10.2. The van der Waals surface area contributed by atoms with Crippen molar-refractivity contribution in [2.24, 2.45) is 4.99 Å². The molecule has 1 saturated heterocycles. The molecule has 1 aromatic carbocycles. The van der Waals surface area contributed by atoms with E-state index in [2.05, 4.69) is 20.1 Å². The first kappa shape index (κ1) is 13.9. The van der Waals surface area contributed by atoms with E-state index >= 15 is 0 Å². The molecule has 21 heavy (non-hydrogen) atoms. The number of phenols is 1. The SMILES string of the molecule is Oc1ccc(F)cc1CN1CCN(C2=CC=NCN2)CC1. The molecule has 6 heteroatoms. The standard InChI is InChI=1S/C15H19FN4O/c16-13-1-2-14(21)12(9-13)10-19-5-7-20(8-6-19)15-3-4-17-11-18-15/h1-4,9,18,21H,5-8,10-11H2. The maximum absolute atomic E-state index is 13.2. The highest BCUT2D eigenvalue weighted by molar-refractivity contribution is 5.72. The van der Waals surface area contributed by atoms with Gasteiger partial charge in [-0.25, -0.2) is 4.39 Å². The minimum absolute atomic E-state index is 0.159. The molecule has 0 unspecified atom stereocenters. The summed E-state index contributed by atoms with van der Waals surface area (Å²) in [6, 6.07) is 4.10. The van der Waals surface area contributed by atoms with E-state index < -0.39 is 0 Å². The number of allylic oxidation sites excluding steroid dienone is 1. The molecule has 5 nitrogen and oxygen atoms in total. The van der Waals surface area contributed by atoms with Crippen molar-refractivity contribution in [1.82, 2.24) is 15.1 Å². The van der Waals surface area contributed by atoms with Gasteiger partial charge in [-0.15, -0.1) is 0 Å². The first-order valence-electron chi connectivity index (χ1n) is 7.11. The van der Waals surface area contributed by atoms with Crippen LogP contribution < -0.4 is 5.32 Å². The smallest absolute Gasteiger partial charge is 0.123 e. The first-order valence-corrected chi connectivity index (χ1v) is 7.11. The van der Waals surface area contributed by atoms with Crippen LogP contribution in [0.1, 0.15) is 5.56 Å². The molecule has 0 radical (unpaired) electrons. The Morgan fingerprint density at radius 2 is 2.05 bits per heavy atom. The van der Waals surface area contributed by atoms with E-state index in [1.165, 1.54) is 18.2 Å². The number of benzene rings is 1. The molecule has 0 bridgehead atoms. The summed E-state index contributed by atoms with van der Waals surface area (Å²) in [7, 11) is 0. The van der Waals surface area contributed by atoms with Gasteiger partial charge in [0.25, 0.3) is 0 Å². The van der Waals surface area contributed by atoms with E-state index in [0.29, 0.717) is 18.8 Å². The Morgan fingerprint density at radius 1 is 1.24 bits per heavy atom. The van der Waals surface area contributed by atoms with Gasteiger partial charge in [-0.05, 0) is 24.3 Å². The van der Waals surface area contributed by atoms with Gasteiger partial charge in [0.1, 0.15) is 24.1 Å². The fraction of sp³-hybridized carbons (Fsp3) is 0.400. The number of hydrogen-bond acceptors (Lipinski definition) is 5. The lowest BCUT2D eigenvalue weighted by Crippen LogP contribution is -2.48. The van der Waals surface area contributed by atoms with E-state index in [4.69, 9.17) is 0 Å². The lowest BCUT2D eigenvalue weighted by molar-refractivity contribution is 0.145. The molecule has 2 heterocycles. The van der Waals surface area contributed by atoms with Gasteiger partial charge in [0.2, 0.25) is 0 Å². The van der Waals surface area contributed by atoms with Crippen LogP contribution in [-0.2, 0) is 6.54 Å². The quantitative estimate of drug-likeness (QED) is 0.876. The molecule has 1 aromatic rings. The Kier molecular flexibility index (Phi) is 4.06. The number of piperazine rings is 1. The van der Waals surface area contributed by atoms with Gasteiger partial charge in [0.05, 0.1) is 0 Å². The Hall–Kier alpha value is -2.08. The molecular weight excluding hydrogens is 271 g/mol. The summed E-state index contributed by atoms with van der Waals surface area (Å²) >= 11 is 0. The molecule has 3 rings (SSSR count). The number of nitrogens with one attached hydrogen (secondary N) is 1. The van der Waals surface area contributed by atoms with Gasteiger partial charge < -0.3 is 15.3 Å². The van der Waals surface area contributed by atoms with Crippen LogP contribution in [0.4, 0.5) is 4.39 Å². The zero-order chi connectivity index (χ0) is 14.7. The number of halogens is 1. The number of aromatic hydroxyl groups is 1. The highest BCUT2D eigenvalue weighted by Crippen LogP contribution is 2.20. The predicted octanol–water partition coefficient (Wildman–Crippen LogP) is 1.12. The summed E-state index contributed by atoms with van der Waals surface area (Å²) in [5.74, 6) is 0.960. The van der Waals surface area contributed by atoms with E-state index in [1.807, 2.05) is 12.3 Å². The molecule has 2 aliphatic rings. The van der Waals surface area contributed by atoms with Crippen molar-refractivity contribution in [3.63, 3.8) is 0 Å². The van der Waals surface area contributed by atoms with Crippen molar-refractivity contribution in [2.45, 2.75) is 6.54 Å². The van der Waals surface area contributed by atoms with E-state index in [0.717, 1.165) is 32.0 Å². The van der Waals surface area contributed by atoms with Crippen molar-refractivity contribution in [3.8, 4) is 5.75 Å². The van der Waals surface area contributed by atoms with Crippen LogP contribution in [0.25, 0.3) is 0 Å². The molecule has 2 aliphatic heterocycles. The maximum Gasteiger partial charge on any atom is 0.123 e. The number of hydrogen-bond donors (Lipinski definition) is 2. The Labute approximate surface area is 123 Å². The van der Waals surface area contributed by atoms with Gasteiger partial charge in [-0.1, -0.05) is 0 Å².